The van der Waals surface area contributed by atoms with Gasteiger partial charge in [-0.05, 0) is 78.9 Å². The maximum Gasteiger partial charge on any atom is 0.328 e. The summed E-state index contributed by atoms with van der Waals surface area (Å²) in [6.45, 7) is 2.49. The van der Waals surface area contributed by atoms with Gasteiger partial charge in [-0.25, -0.2) is 13.6 Å². The molecule has 1 aliphatic rings. The first kappa shape index (κ1) is 26.5. The van der Waals surface area contributed by atoms with E-state index in [1.165, 1.54) is 34.4 Å². The summed E-state index contributed by atoms with van der Waals surface area (Å²) < 4.78 is 28.5. The van der Waals surface area contributed by atoms with Gasteiger partial charge in [0.2, 0.25) is 0 Å². The molecular weight excluding hydrogens is 496 g/mol. The van der Waals surface area contributed by atoms with Crippen LogP contribution in [0.2, 0.25) is 0 Å². The van der Waals surface area contributed by atoms with Gasteiger partial charge in [-0.2, -0.15) is 0 Å². The van der Waals surface area contributed by atoms with Crippen LogP contribution in [0.25, 0.3) is 16.5 Å². The molecule has 0 amide bonds. The Balaban J connectivity index is 0.00000320. The van der Waals surface area contributed by atoms with Gasteiger partial charge in [-0.1, -0.05) is 42.0 Å². The summed E-state index contributed by atoms with van der Waals surface area (Å²) in [4.78, 5) is 30.4. The van der Waals surface area contributed by atoms with Gasteiger partial charge in [0.05, 0.1) is 10.9 Å². The number of hydrogen-bond acceptors (Lipinski definition) is 3. The third-order valence-corrected chi connectivity index (χ3v) is 6.83. The van der Waals surface area contributed by atoms with Gasteiger partial charge in [0.1, 0.15) is 11.6 Å². The van der Waals surface area contributed by atoms with Gasteiger partial charge in [-0.3, -0.25) is 9.36 Å². The molecule has 0 bridgehead atoms. The van der Waals surface area contributed by atoms with Crippen molar-refractivity contribution in [3.05, 3.63) is 122 Å². The lowest BCUT2D eigenvalue weighted by Gasteiger charge is -2.20. The van der Waals surface area contributed by atoms with Crippen LogP contribution in [0.1, 0.15) is 30.4 Å². The average molecular weight is 524 g/mol. The Morgan fingerprint density at radius 2 is 1.41 bits per heavy atom. The Morgan fingerprint density at radius 3 is 2.05 bits per heavy atom. The van der Waals surface area contributed by atoms with Crippen LogP contribution in [0.4, 0.5) is 8.78 Å². The van der Waals surface area contributed by atoms with Crippen molar-refractivity contribution in [1.29, 1.82) is 0 Å². The Bertz CT molecular complexity index is 1480. The quantitative estimate of drug-likeness (QED) is 0.382. The van der Waals surface area contributed by atoms with Crippen LogP contribution in [0.3, 0.4) is 0 Å². The number of fused-ring (bicyclic) bond motifs is 1. The van der Waals surface area contributed by atoms with Crippen molar-refractivity contribution < 1.29 is 8.78 Å². The van der Waals surface area contributed by atoms with Crippen LogP contribution < -0.4 is 11.2 Å². The van der Waals surface area contributed by atoms with Crippen LogP contribution in [0.5, 0.6) is 0 Å². The first-order valence-corrected chi connectivity index (χ1v) is 12.2. The Kier molecular flexibility index (Phi) is 8.36. The molecule has 1 aliphatic heterocycles. The van der Waals surface area contributed by atoms with E-state index in [0.29, 0.717) is 24.0 Å². The van der Waals surface area contributed by atoms with Gasteiger partial charge in [0.15, 0.2) is 0 Å². The number of para-hydroxylation sites is 1. The Hall–Kier alpha value is -3.55. The van der Waals surface area contributed by atoms with Crippen LogP contribution in [-0.2, 0) is 6.54 Å². The fourth-order valence-electron chi connectivity index (χ4n) is 4.97. The first-order chi connectivity index (χ1) is 17.5. The second-order valence-corrected chi connectivity index (χ2v) is 9.12. The monoisotopic (exact) mass is 523 g/mol. The minimum atomic E-state index is -0.399. The number of benzene rings is 3. The second kappa shape index (κ2) is 11.7. The highest BCUT2D eigenvalue weighted by molar-refractivity contribution is 5.85. The number of H-pyrrole nitrogens is 1. The van der Waals surface area contributed by atoms with Crippen molar-refractivity contribution in [2.24, 2.45) is 0 Å². The lowest BCUT2D eigenvalue weighted by molar-refractivity contribution is 0.272. The Labute approximate surface area is 219 Å². The summed E-state index contributed by atoms with van der Waals surface area (Å²) in [5, 5.41) is 0.501. The van der Waals surface area contributed by atoms with E-state index < -0.39 is 5.69 Å². The van der Waals surface area contributed by atoms with Gasteiger partial charge in [0.25, 0.3) is 5.56 Å². The average Bonchev–Trinajstić information content (AvgIpc) is 3.12. The van der Waals surface area contributed by atoms with Crippen molar-refractivity contribution in [3.8, 4) is 0 Å². The van der Waals surface area contributed by atoms with E-state index in [1.54, 1.807) is 48.5 Å². The maximum absolute atomic E-state index is 13.6. The fraction of sp³-hybridized carbons (Fsp3) is 0.241. The summed E-state index contributed by atoms with van der Waals surface area (Å²) in [6, 6.07) is 19.9. The van der Waals surface area contributed by atoms with Gasteiger partial charge < -0.3 is 9.88 Å². The SMILES string of the molecule is Cl.O=c1[nH]c2ccccc2c(=O)n1CCN1CCCC(=C(c2ccc(F)cc2)c2ccc(F)cc2)CC1. The molecule has 0 spiro atoms. The molecule has 0 aliphatic carbocycles. The van der Waals surface area contributed by atoms with Gasteiger partial charge in [0, 0.05) is 19.6 Å². The minimum absolute atomic E-state index is 0. The summed E-state index contributed by atoms with van der Waals surface area (Å²) in [7, 11) is 0. The molecule has 5 rings (SSSR count). The third kappa shape index (κ3) is 5.89. The molecule has 0 unspecified atom stereocenters. The van der Waals surface area contributed by atoms with E-state index in [9.17, 15) is 18.4 Å². The topological polar surface area (TPSA) is 58.1 Å². The maximum atomic E-state index is 13.6. The summed E-state index contributed by atoms with van der Waals surface area (Å²) in [5.41, 5.74) is 3.92. The molecule has 1 aromatic heterocycles. The standard InChI is InChI=1S/C29H27F2N3O2.ClH/c30-23-11-7-21(8-12-23)27(22-9-13-24(31)14-10-22)20-4-3-16-33(17-15-20)18-19-34-28(35)25-5-1-2-6-26(25)32-29(34)36;/h1-2,5-14H,3-4,15-19H2,(H,32,36);1H. The molecule has 2 heterocycles. The Morgan fingerprint density at radius 1 is 0.784 bits per heavy atom. The molecule has 4 aromatic rings. The molecule has 1 saturated heterocycles. The predicted octanol–water partition coefficient (Wildman–Crippen LogP) is 5.38. The highest BCUT2D eigenvalue weighted by Gasteiger charge is 2.18. The van der Waals surface area contributed by atoms with Crippen LogP contribution in [0, 0.1) is 11.6 Å². The third-order valence-electron chi connectivity index (χ3n) is 6.83. The van der Waals surface area contributed by atoms with E-state index in [-0.39, 0.29) is 29.6 Å². The predicted molar refractivity (Wildman–Crippen MR) is 145 cm³/mol. The van der Waals surface area contributed by atoms with E-state index in [1.807, 2.05) is 0 Å². The largest absolute Gasteiger partial charge is 0.328 e. The molecule has 0 saturated carbocycles. The first-order valence-electron chi connectivity index (χ1n) is 12.2. The van der Waals surface area contributed by atoms with Gasteiger partial charge >= 0.3 is 5.69 Å². The molecule has 1 N–H and O–H groups in total. The number of aromatic nitrogens is 2. The number of likely N-dealkylation sites (tertiary alicyclic amines) is 1. The molecule has 8 heteroatoms. The molecule has 1 fully saturated rings. The summed E-state index contributed by atoms with van der Waals surface area (Å²) >= 11 is 0. The van der Waals surface area contributed by atoms with Gasteiger partial charge in [-0.15, -0.1) is 12.4 Å². The molecule has 37 heavy (non-hydrogen) atoms. The van der Waals surface area contributed by atoms with Crippen molar-refractivity contribution >= 4 is 28.9 Å². The zero-order valence-electron chi connectivity index (χ0n) is 20.3. The van der Waals surface area contributed by atoms with Crippen LogP contribution >= 0.6 is 12.4 Å². The molecule has 3 aromatic carbocycles. The highest BCUT2D eigenvalue weighted by atomic mass is 35.5. The van der Waals surface area contributed by atoms with Crippen LogP contribution in [-0.4, -0.2) is 34.1 Å². The normalized spacial score (nSPS) is 14.3. The number of rotatable bonds is 5. The van der Waals surface area contributed by atoms with Crippen molar-refractivity contribution in [2.45, 2.75) is 25.8 Å². The molecule has 5 nitrogen and oxygen atoms in total. The minimum Gasteiger partial charge on any atom is -0.307 e. The number of aromatic amines is 1. The number of nitrogens with one attached hydrogen (secondary N) is 1. The zero-order chi connectivity index (χ0) is 25.1. The van der Waals surface area contributed by atoms with Crippen LogP contribution in [0.15, 0.2) is 88.0 Å². The summed E-state index contributed by atoms with van der Waals surface area (Å²) in [5.74, 6) is -0.596. The molecular formula is C29H28ClF2N3O2. The highest BCUT2D eigenvalue weighted by Crippen LogP contribution is 2.32. The van der Waals surface area contributed by atoms with E-state index >= 15 is 0 Å². The summed E-state index contributed by atoms with van der Waals surface area (Å²) in [6.07, 6.45) is 2.55. The molecule has 0 atom stereocenters. The van der Waals surface area contributed by atoms with Crippen molar-refractivity contribution in [2.75, 3.05) is 19.6 Å². The smallest absolute Gasteiger partial charge is 0.307 e. The molecule has 0 radical (unpaired) electrons. The van der Waals surface area contributed by atoms with Crippen molar-refractivity contribution in [1.82, 2.24) is 14.5 Å². The second-order valence-electron chi connectivity index (χ2n) is 9.12. The fourth-order valence-corrected chi connectivity index (χ4v) is 4.97. The van der Waals surface area contributed by atoms with E-state index in [0.717, 1.165) is 49.1 Å². The lowest BCUT2D eigenvalue weighted by atomic mass is 9.90. The van der Waals surface area contributed by atoms with E-state index in [4.69, 9.17) is 0 Å². The zero-order valence-corrected chi connectivity index (χ0v) is 21.1. The number of nitrogens with zero attached hydrogens (tertiary/aromatic N) is 2. The van der Waals surface area contributed by atoms with E-state index in [2.05, 4.69) is 9.88 Å². The number of hydrogen-bond donors (Lipinski definition) is 1. The van der Waals surface area contributed by atoms with Crippen molar-refractivity contribution in [3.63, 3.8) is 0 Å². The lowest BCUT2D eigenvalue weighted by Crippen LogP contribution is -2.39. The molecule has 192 valence electrons. The number of halogens is 3.